The molecule has 0 aliphatic carbocycles. The van der Waals surface area contributed by atoms with Gasteiger partial charge in [-0.2, -0.15) is 5.26 Å². The van der Waals surface area contributed by atoms with Crippen LogP contribution in [0, 0.1) is 23.7 Å². The fourth-order valence-corrected chi connectivity index (χ4v) is 1.82. The Labute approximate surface area is 106 Å². The van der Waals surface area contributed by atoms with E-state index in [1.165, 1.54) is 0 Å². The molecule has 0 unspecified atom stereocenters. The summed E-state index contributed by atoms with van der Waals surface area (Å²) in [5.41, 5.74) is 0.285. The quantitative estimate of drug-likeness (QED) is 0.751. The summed E-state index contributed by atoms with van der Waals surface area (Å²) in [6, 6.07) is 5.48. The van der Waals surface area contributed by atoms with E-state index in [0.29, 0.717) is 30.3 Å². The Morgan fingerprint density at radius 3 is 2.39 bits per heavy atom. The fraction of sp³-hybridized carbons (Fsp3) is 0.429. The van der Waals surface area contributed by atoms with Gasteiger partial charge in [0, 0.05) is 5.56 Å². The van der Waals surface area contributed by atoms with E-state index < -0.39 is 5.41 Å². The Morgan fingerprint density at radius 1 is 1.28 bits per heavy atom. The number of nitrogens with zero attached hydrogens (tertiary/aromatic N) is 1. The third-order valence-electron chi connectivity index (χ3n) is 2.98. The summed E-state index contributed by atoms with van der Waals surface area (Å²) in [7, 11) is 0. The molecule has 2 rings (SSSR count). The van der Waals surface area contributed by atoms with Gasteiger partial charge in [0.2, 0.25) is 0 Å². The molecule has 1 aliphatic heterocycles. The van der Waals surface area contributed by atoms with Crippen LogP contribution in [0.3, 0.4) is 0 Å². The van der Waals surface area contributed by atoms with E-state index >= 15 is 0 Å². The fourth-order valence-electron chi connectivity index (χ4n) is 1.82. The first-order chi connectivity index (χ1) is 8.45. The first-order valence-corrected chi connectivity index (χ1v) is 5.82. The number of ketones is 1. The Morgan fingerprint density at radius 2 is 1.83 bits per heavy atom. The van der Waals surface area contributed by atoms with Crippen LogP contribution in [0.4, 0.5) is 0 Å². The Kier molecular flexibility index (Phi) is 3.00. The van der Waals surface area contributed by atoms with Gasteiger partial charge in [-0.05, 0) is 38.5 Å². The van der Waals surface area contributed by atoms with Crippen molar-refractivity contribution in [2.45, 2.75) is 20.8 Å². The van der Waals surface area contributed by atoms with Crippen LogP contribution in [0.2, 0.25) is 0 Å². The molecule has 1 heterocycles. The van der Waals surface area contributed by atoms with Gasteiger partial charge in [-0.3, -0.25) is 4.79 Å². The molecule has 94 valence electrons. The van der Waals surface area contributed by atoms with E-state index in [2.05, 4.69) is 0 Å². The van der Waals surface area contributed by atoms with E-state index in [-0.39, 0.29) is 5.78 Å². The Balaban J connectivity index is 2.47. The van der Waals surface area contributed by atoms with Crippen LogP contribution in [0.15, 0.2) is 12.1 Å². The number of Topliss-reactive ketones (excluding diaryl/α,β-unsaturated/α-hetero) is 1. The number of carbonyl (C=O) groups excluding carboxylic acids is 1. The molecule has 0 aromatic heterocycles. The normalized spacial score (nSPS) is 13.9. The number of fused-ring (bicyclic) bond motifs is 1. The van der Waals surface area contributed by atoms with E-state index in [1.54, 1.807) is 26.0 Å². The molecule has 1 aromatic rings. The minimum Gasteiger partial charge on any atom is -0.486 e. The van der Waals surface area contributed by atoms with Gasteiger partial charge in [0.1, 0.15) is 18.6 Å². The predicted molar refractivity (Wildman–Crippen MR) is 65.9 cm³/mol. The van der Waals surface area contributed by atoms with Crippen LogP contribution < -0.4 is 9.47 Å². The lowest BCUT2D eigenvalue weighted by Crippen LogP contribution is -2.24. The highest BCUT2D eigenvalue weighted by molar-refractivity contribution is 6.03. The topological polar surface area (TPSA) is 59.3 Å². The lowest BCUT2D eigenvalue weighted by atomic mass is 9.84. The molecule has 0 amide bonds. The lowest BCUT2D eigenvalue weighted by Gasteiger charge is -2.21. The maximum Gasteiger partial charge on any atom is 0.182 e. The second-order valence-corrected chi connectivity index (χ2v) is 4.88. The summed E-state index contributed by atoms with van der Waals surface area (Å²) in [4.78, 5) is 12.3. The Bertz CT molecular complexity index is 541. The molecule has 0 bridgehead atoms. The van der Waals surface area contributed by atoms with Crippen molar-refractivity contribution in [3.05, 3.63) is 23.3 Å². The van der Waals surface area contributed by atoms with Crippen LogP contribution in [0.5, 0.6) is 11.5 Å². The number of hydrogen-bond donors (Lipinski definition) is 0. The molecule has 0 atom stereocenters. The molecule has 0 saturated carbocycles. The van der Waals surface area contributed by atoms with Crippen molar-refractivity contribution in [2.75, 3.05) is 13.2 Å². The maximum atomic E-state index is 12.3. The predicted octanol–water partition coefficient (Wildman–Crippen LogP) is 2.50. The van der Waals surface area contributed by atoms with Crippen molar-refractivity contribution in [3.8, 4) is 17.6 Å². The molecule has 0 saturated heterocycles. The molecule has 0 N–H and O–H groups in total. The molecular formula is C14H15NO3. The van der Waals surface area contributed by atoms with Crippen molar-refractivity contribution >= 4 is 5.78 Å². The van der Waals surface area contributed by atoms with Crippen LogP contribution in [0.1, 0.15) is 29.8 Å². The number of nitriles is 1. The van der Waals surface area contributed by atoms with Gasteiger partial charge in [0.25, 0.3) is 0 Å². The second-order valence-electron chi connectivity index (χ2n) is 4.88. The average molecular weight is 245 g/mol. The average Bonchev–Trinajstić information content (AvgIpc) is 2.37. The minimum atomic E-state index is -1.03. The summed E-state index contributed by atoms with van der Waals surface area (Å²) in [6.07, 6.45) is 0. The van der Waals surface area contributed by atoms with Gasteiger partial charge in [0.15, 0.2) is 17.3 Å². The number of ether oxygens (including phenoxy) is 2. The molecule has 1 aromatic carbocycles. The number of hydrogen-bond acceptors (Lipinski definition) is 4. The smallest absolute Gasteiger partial charge is 0.182 e. The van der Waals surface area contributed by atoms with Gasteiger partial charge in [0.05, 0.1) is 6.07 Å². The third-order valence-corrected chi connectivity index (χ3v) is 2.98. The van der Waals surface area contributed by atoms with Crippen molar-refractivity contribution in [2.24, 2.45) is 5.41 Å². The highest BCUT2D eigenvalue weighted by Gasteiger charge is 2.30. The first kappa shape index (κ1) is 12.4. The van der Waals surface area contributed by atoms with E-state index in [0.717, 1.165) is 5.56 Å². The number of aryl methyl sites for hydroxylation is 1. The summed E-state index contributed by atoms with van der Waals surface area (Å²) in [5.74, 6) is 1.04. The number of rotatable bonds is 2. The first-order valence-electron chi connectivity index (χ1n) is 5.82. The zero-order valence-corrected chi connectivity index (χ0v) is 10.7. The van der Waals surface area contributed by atoms with Gasteiger partial charge in [-0.15, -0.1) is 0 Å². The van der Waals surface area contributed by atoms with Crippen LogP contribution in [0.25, 0.3) is 0 Å². The number of benzene rings is 1. The molecular weight excluding hydrogens is 230 g/mol. The monoisotopic (exact) mass is 245 g/mol. The standard InChI is InChI=1S/C14H15NO3/c1-9-6-11-12(18-5-4-17-11)7-10(9)13(16)14(2,3)8-15/h6-7H,4-5H2,1-3H3. The zero-order chi connectivity index (χ0) is 13.3. The van der Waals surface area contributed by atoms with Crippen molar-refractivity contribution < 1.29 is 14.3 Å². The molecule has 0 radical (unpaired) electrons. The highest BCUT2D eigenvalue weighted by Crippen LogP contribution is 2.35. The summed E-state index contributed by atoms with van der Waals surface area (Å²) in [6.45, 7) is 6.06. The van der Waals surface area contributed by atoms with Crippen molar-refractivity contribution in [1.82, 2.24) is 0 Å². The molecule has 4 nitrogen and oxygen atoms in total. The van der Waals surface area contributed by atoms with E-state index in [9.17, 15) is 4.79 Å². The number of carbonyl (C=O) groups is 1. The molecule has 4 heteroatoms. The maximum absolute atomic E-state index is 12.3. The lowest BCUT2D eigenvalue weighted by molar-refractivity contribution is 0.0890. The third kappa shape index (κ3) is 2.04. The minimum absolute atomic E-state index is 0.195. The zero-order valence-electron chi connectivity index (χ0n) is 10.7. The molecule has 0 fully saturated rings. The van der Waals surface area contributed by atoms with E-state index in [4.69, 9.17) is 14.7 Å². The highest BCUT2D eigenvalue weighted by atomic mass is 16.6. The van der Waals surface area contributed by atoms with Gasteiger partial charge in [-0.25, -0.2) is 0 Å². The second kappa shape index (κ2) is 4.34. The van der Waals surface area contributed by atoms with Crippen molar-refractivity contribution in [1.29, 1.82) is 5.26 Å². The summed E-state index contributed by atoms with van der Waals surface area (Å²) < 4.78 is 10.9. The van der Waals surface area contributed by atoms with Crippen LogP contribution in [-0.2, 0) is 0 Å². The van der Waals surface area contributed by atoms with Gasteiger partial charge >= 0.3 is 0 Å². The largest absolute Gasteiger partial charge is 0.486 e. The molecule has 1 aliphatic rings. The van der Waals surface area contributed by atoms with Crippen molar-refractivity contribution in [3.63, 3.8) is 0 Å². The summed E-state index contributed by atoms with van der Waals surface area (Å²) in [5, 5.41) is 9.03. The molecule has 18 heavy (non-hydrogen) atoms. The van der Waals surface area contributed by atoms with E-state index in [1.807, 2.05) is 13.0 Å². The van der Waals surface area contributed by atoms with Crippen LogP contribution >= 0.6 is 0 Å². The van der Waals surface area contributed by atoms with Gasteiger partial charge < -0.3 is 9.47 Å². The van der Waals surface area contributed by atoms with Gasteiger partial charge in [-0.1, -0.05) is 0 Å². The Hall–Kier alpha value is -2.02. The SMILES string of the molecule is Cc1cc2c(cc1C(=O)C(C)(C)C#N)OCCO2. The van der Waals surface area contributed by atoms with Crippen LogP contribution in [-0.4, -0.2) is 19.0 Å². The molecule has 0 spiro atoms. The summed E-state index contributed by atoms with van der Waals surface area (Å²) >= 11 is 0.